The summed E-state index contributed by atoms with van der Waals surface area (Å²) in [6.45, 7) is 3.82. The molecule has 0 bridgehead atoms. The predicted molar refractivity (Wildman–Crippen MR) is 84.1 cm³/mol. The van der Waals surface area contributed by atoms with Crippen molar-refractivity contribution in [2.24, 2.45) is 0 Å². The molecule has 0 amide bonds. The standard InChI is InChI=1S/C18H22FNO/c1-4-17(18(20-3)14-8-6-5-7-9-14)21-15-11-10-13(2)16(19)12-15/h5-12,17-18,20H,4H2,1-3H3. The molecule has 0 aliphatic rings. The molecule has 0 saturated heterocycles. The highest BCUT2D eigenvalue weighted by Gasteiger charge is 2.22. The molecule has 2 atom stereocenters. The molecule has 2 unspecified atom stereocenters. The van der Waals surface area contributed by atoms with Gasteiger partial charge in [0, 0.05) is 6.07 Å². The van der Waals surface area contributed by atoms with E-state index in [-0.39, 0.29) is 18.0 Å². The van der Waals surface area contributed by atoms with E-state index in [1.807, 2.05) is 31.3 Å². The molecule has 3 heteroatoms. The van der Waals surface area contributed by atoms with Gasteiger partial charge in [0.1, 0.15) is 17.7 Å². The van der Waals surface area contributed by atoms with Crippen molar-refractivity contribution in [3.8, 4) is 5.75 Å². The fourth-order valence-corrected chi connectivity index (χ4v) is 2.44. The van der Waals surface area contributed by atoms with Crippen LogP contribution in [0.25, 0.3) is 0 Å². The molecule has 0 spiro atoms. The van der Waals surface area contributed by atoms with Crippen LogP contribution < -0.4 is 10.1 Å². The molecule has 0 aliphatic carbocycles. The molecule has 112 valence electrons. The lowest BCUT2D eigenvalue weighted by Crippen LogP contribution is -2.33. The van der Waals surface area contributed by atoms with Gasteiger partial charge >= 0.3 is 0 Å². The van der Waals surface area contributed by atoms with E-state index in [1.54, 1.807) is 13.0 Å². The van der Waals surface area contributed by atoms with Crippen LogP contribution in [0.5, 0.6) is 5.75 Å². The number of hydrogen-bond acceptors (Lipinski definition) is 2. The van der Waals surface area contributed by atoms with Crippen LogP contribution in [-0.4, -0.2) is 13.2 Å². The van der Waals surface area contributed by atoms with Gasteiger partial charge in [-0.15, -0.1) is 0 Å². The van der Waals surface area contributed by atoms with Gasteiger partial charge in [-0.2, -0.15) is 0 Å². The van der Waals surface area contributed by atoms with Crippen LogP contribution in [0.2, 0.25) is 0 Å². The monoisotopic (exact) mass is 287 g/mol. The first-order valence-electron chi connectivity index (χ1n) is 7.30. The van der Waals surface area contributed by atoms with Crippen LogP contribution in [0.1, 0.15) is 30.5 Å². The lowest BCUT2D eigenvalue weighted by atomic mass is 9.99. The Bertz CT molecular complexity index is 571. The van der Waals surface area contributed by atoms with Gasteiger partial charge in [-0.05, 0) is 37.6 Å². The first kappa shape index (κ1) is 15.5. The summed E-state index contributed by atoms with van der Waals surface area (Å²) >= 11 is 0. The second-order valence-electron chi connectivity index (χ2n) is 5.15. The third-order valence-corrected chi connectivity index (χ3v) is 3.67. The molecule has 0 fully saturated rings. The van der Waals surface area contributed by atoms with Crippen molar-refractivity contribution in [2.75, 3.05) is 7.05 Å². The van der Waals surface area contributed by atoms with Crippen molar-refractivity contribution in [3.05, 3.63) is 65.5 Å². The largest absolute Gasteiger partial charge is 0.488 e. The van der Waals surface area contributed by atoms with Crippen LogP contribution in [0.4, 0.5) is 4.39 Å². The Kier molecular flexibility index (Phi) is 5.34. The molecule has 2 rings (SSSR count). The van der Waals surface area contributed by atoms with Gasteiger partial charge in [-0.1, -0.05) is 43.3 Å². The van der Waals surface area contributed by atoms with Gasteiger partial charge < -0.3 is 10.1 Å². The predicted octanol–water partition coefficient (Wildman–Crippen LogP) is 4.25. The van der Waals surface area contributed by atoms with Crippen molar-refractivity contribution >= 4 is 0 Å². The average Bonchev–Trinajstić information content (AvgIpc) is 2.51. The topological polar surface area (TPSA) is 21.3 Å². The van der Waals surface area contributed by atoms with Gasteiger partial charge in [0.05, 0.1) is 6.04 Å². The summed E-state index contributed by atoms with van der Waals surface area (Å²) in [4.78, 5) is 0. The Morgan fingerprint density at radius 1 is 1.14 bits per heavy atom. The highest BCUT2D eigenvalue weighted by molar-refractivity contribution is 5.29. The zero-order chi connectivity index (χ0) is 15.2. The normalized spacial score (nSPS) is 13.7. The third-order valence-electron chi connectivity index (χ3n) is 3.67. The van der Waals surface area contributed by atoms with Gasteiger partial charge in [-0.3, -0.25) is 0 Å². The quantitative estimate of drug-likeness (QED) is 0.857. The molecule has 0 radical (unpaired) electrons. The number of nitrogens with one attached hydrogen (secondary N) is 1. The van der Waals surface area contributed by atoms with Crippen molar-refractivity contribution in [3.63, 3.8) is 0 Å². The molecular formula is C18H22FNO. The summed E-state index contributed by atoms with van der Waals surface area (Å²) in [5, 5.41) is 3.30. The molecular weight excluding hydrogens is 265 g/mol. The minimum atomic E-state index is -0.233. The molecule has 1 N–H and O–H groups in total. The maximum Gasteiger partial charge on any atom is 0.129 e. The maximum atomic E-state index is 13.6. The number of ether oxygens (including phenoxy) is 1. The Hall–Kier alpha value is -1.87. The molecule has 0 aliphatic heterocycles. The highest BCUT2D eigenvalue weighted by Crippen LogP contribution is 2.25. The van der Waals surface area contributed by atoms with E-state index in [0.717, 1.165) is 6.42 Å². The van der Waals surface area contributed by atoms with Crippen LogP contribution in [0.3, 0.4) is 0 Å². The Morgan fingerprint density at radius 3 is 2.43 bits per heavy atom. The van der Waals surface area contributed by atoms with E-state index in [9.17, 15) is 4.39 Å². The zero-order valence-electron chi connectivity index (χ0n) is 12.8. The molecule has 2 aromatic carbocycles. The van der Waals surface area contributed by atoms with Crippen LogP contribution in [0.15, 0.2) is 48.5 Å². The zero-order valence-corrected chi connectivity index (χ0v) is 12.8. The maximum absolute atomic E-state index is 13.6. The van der Waals surface area contributed by atoms with Gasteiger partial charge in [0.15, 0.2) is 0 Å². The van der Waals surface area contributed by atoms with Gasteiger partial charge in [0.2, 0.25) is 0 Å². The lowest BCUT2D eigenvalue weighted by molar-refractivity contribution is 0.152. The molecule has 2 nitrogen and oxygen atoms in total. The van der Waals surface area contributed by atoms with Crippen LogP contribution >= 0.6 is 0 Å². The fraction of sp³-hybridized carbons (Fsp3) is 0.333. The molecule has 2 aromatic rings. The second-order valence-corrected chi connectivity index (χ2v) is 5.15. The number of rotatable bonds is 6. The molecule has 0 heterocycles. The summed E-state index contributed by atoms with van der Waals surface area (Å²) in [5.74, 6) is 0.337. The summed E-state index contributed by atoms with van der Waals surface area (Å²) < 4.78 is 19.6. The number of benzene rings is 2. The van der Waals surface area contributed by atoms with Gasteiger partial charge in [0.25, 0.3) is 0 Å². The van der Waals surface area contributed by atoms with Crippen molar-refractivity contribution in [1.29, 1.82) is 0 Å². The van der Waals surface area contributed by atoms with E-state index < -0.39 is 0 Å². The van der Waals surface area contributed by atoms with E-state index in [0.29, 0.717) is 11.3 Å². The Balaban J connectivity index is 2.19. The first-order valence-corrected chi connectivity index (χ1v) is 7.30. The van der Waals surface area contributed by atoms with Crippen molar-refractivity contribution in [2.45, 2.75) is 32.4 Å². The number of aryl methyl sites for hydroxylation is 1. The Morgan fingerprint density at radius 2 is 1.86 bits per heavy atom. The summed E-state index contributed by atoms with van der Waals surface area (Å²) in [6, 6.07) is 15.2. The number of hydrogen-bond donors (Lipinski definition) is 1. The first-order chi connectivity index (χ1) is 10.2. The third kappa shape index (κ3) is 3.82. The number of likely N-dealkylation sites (N-methyl/N-ethyl adjacent to an activating group) is 1. The SMILES string of the molecule is CCC(Oc1ccc(C)c(F)c1)C(NC)c1ccccc1. The number of halogens is 1. The smallest absolute Gasteiger partial charge is 0.129 e. The van der Waals surface area contributed by atoms with E-state index in [4.69, 9.17) is 4.74 Å². The molecule has 0 saturated carbocycles. The summed E-state index contributed by atoms with van der Waals surface area (Å²) in [7, 11) is 1.92. The second kappa shape index (κ2) is 7.23. The van der Waals surface area contributed by atoms with E-state index >= 15 is 0 Å². The minimum Gasteiger partial charge on any atom is -0.488 e. The average molecular weight is 287 g/mol. The molecule has 21 heavy (non-hydrogen) atoms. The van der Waals surface area contributed by atoms with Crippen LogP contribution in [0, 0.1) is 12.7 Å². The summed E-state index contributed by atoms with van der Waals surface area (Å²) in [6.07, 6.45) is 0.773. The van der Waals surface area contributed by atoms with Gasteiger partial charge in [-0.25, -0.2) is 4.39 Å². The molecule has 0 aromatic heterocycles. The fourth-order valence-electron chi connectivity index (χ4n) is 2.44. The van der Waals surface area contributed by atoms with Crippen LogP contribution in [-0.2, 0) is 0 Å². The lowest BCUT2D eigenvalue weighted by Gasteiger charge is -2.27. The van der Waals surface area contributed by atoms with Crippen molar-refractivity contribution in [1.82, 2.24) is 5.32 Å². The summed E-state index contributed by atoms with van der Waals surface area (Å²) in [5.41, 5.74) is 1.79. The minimum absolute atomic E-state index is 0.0560. The van der Waals surface area contributed by atoms with E-state index in [1.165, 1.54) is 11.6 Å². The highest BCUT2D eigenvalue weighted by atomic mass is 19.1. The Labute approximate surface area is 126 Å². The van der Waals surface area contributed by atoms with E-state index in [2.05, 4.69) is 24.4 Å². The van der Waals surface area contributed by atoms with Crippen molar-refractivity contribution < 1.29 is 9.13 Å².